The topological polar surface area (TPSA) is 44.8 Å². The smallest absolute Gasteiger partial charge is 0.167 e. The number of thioether (sulfide) groups is 1. The molecular formula is C13H20O4S. The van der Waals surface area contributed by atoms with Gasteiger partial charge in [-0.15, -0.1) is 0 Å². The monoisotopic (exact) mass is 272 g/mol. The second kappa shape index (κ2) is 5.49. The van der Waals surface area contributed by atoms with Gasteiger partial charge in [0.2, 0.25) is 0 Å². The van der Waals surface area contributed by atoms with Crippen LogP contribution in [0, 0.1) is 5.92 Å². The van der Waals surface area contributed by atoms with Crippen LogP contribution in [-0.2, 0) is 19.0 Å². The first-order chi connectivity index (χ1) is 8.79. The van der Waals surface area contributed by atoms with E-state index in [0.717, 1.165) is 30.8 Å². The zero-order chi connectivity index (χ0) is 12.4. The minimum Gasteiger partial charge on any atom is -0.376 e. The maximum absolute atomic E-state index is 12.4. The highest BCUT2D eigenvalue weighted by Crippen LogP contribution is 2.41. The lowest BCUT2D eigenvalue weighted by Crippen LogP contribution is -2.46. The average Bonchev–Trinajstić information content (AvgIpc) is 2.87. The number of ether oxygens (including phenoxy) is 3. The van der Waals surface area contributed by atoms with Crippen molar-refractivity contribution >= 4 is 17.5 Å². The standard InChI is InChI=1S/C13H20O4S/c14-12(11-8-15-4-5-16-11)10-1-3-17-13(7-10)2-6-18-9-13/h10-11H,1-9H2. The van der Waals surface area contributed by atoms with E-state index < -0.39 is 0 Å². The zero-order valence-corrected chi connectivity index (χ0v) is 11.4. The highest BCUT2D eigenvalue weighted by molar-refractivity contribution is 7.99. The lowest BCUT2D eigenvalue weighted by molar-refractivity contribution is -0.157. The molecule has 3 saturated heterocycles. The van der Waals surface area contributed by atoms with Gasteiger partial charge >= 0.3 is 0 Å². The van der Waals surface area contributed by atoms with Gasteiger partial charge in [-0.1, -0.05) is 0 Å². The largest absolute Gasteiger partial charge is 0.376 e. The number of carbonyl (C=O) groups is 1. The van der Waals surface area contributed by atoms with Crippen molar-refractivity contribution in [1.82, 2.24) is 0 Å². The lowest BCUT2D eigenvalue weighted by Gasteiger charge is -2.38. The van der Waals surface area contributed by atoms with Crippen LogP contribution in [0.1, 0.15) is 19.3 Å². The first-order valence-corrected chi connectivity index (χ1v) is 7.89. The Hall–Kier alpha value is -0.100. The fourth-order valence-corrected chi connectivity index (χ4v) is 4.43. The molecule has 0 aromatic rings. The summed E-state index contributed by atoms with van der Waals surface area (Å²) in [6, 6.07) is 0. The molecule has 1 spiro atoms. The van der Waals surface area contributed by atoms with Crippen molar-refractivity contribution in [3.8, 4) is 0 Å². The summed E-state index contributed by atoms with van der Waals surface area (Å²) in [5, 5.41) is 0. The summed E-state index contributed by atoms with van der Waals surface area (Å²) in [7, 11) is 0. The van der Waals surface area contributed by atoms with Crippen LogP contribution in [-0.4, -0.2) is 55.4 Å². The van der Waals surface area contributed by atoms with Crippen molar-refractivity contribution in [2.75, 3.05) is 37.9 Å². The van der Waals surface area contributed by atoms with Gasteiger partial charge in [0.05, 0.1) is 25.4 Å². The molecule has 3 aliphatic heterocycles. The predicted molar refractivity (Wildman–Crippen MR) is 68.9 cm³/mol. The molecule has 102 valence electrons. The molecule has 0 radical (unpaired) electrons. The Morgan fingerprint density at radius 2 is 2.22 bits per heavy atom. The SMILES string of the molecule is O=C(C1CCOC2(CCSC2)C1)C1COCCO1. The van der Waals surface area contributed by atoms with E-state index in [1.54, 1.807) is 0 Å². The molecule has 3 atom stereocenters. The molecule has 3 aliphatic rings. The van der Waals surface area contributed by atoms with Gasteiger partial charge in [0.1, 0.15) is 6.10 Å². The van der Waals surface area contributed by atoms with Crippen molar-refractivity contribution in [3.05, 3.63) is 0 Å². The summed E-state index contributed by atoms with van der Waals surface area (Å²) in [6.45, 7) is 2.29. The highest BCUT2D eigenvalue weighted by atomic mass is 32.2. The third-order valence-electron chi connectivity index (χ3n) is 4.10. The van der Waals surface area contributed by atoms with E-state index in [1.807, 2.05) is 11.8 Å². The fraction of sp³-hybridized carbons (Fsp3) is 0.923. The molecule has 3 unspecified atom stereocenters. The second-order valence-electron chi connectivity index (χ2n) is 5.36. The molecule has 3 rings (SSSR count). The summed E-state index contributed by atoms with van der Waals surface area (Å²) < 4.78 is 16.8. The predicted octanol–water partition coefficient (Wildman–Crippen LogP) is 1.27. The summed E-state index contributed by atoms with van der Waals surface area (Å²) in [6.07, 6.45) is 2.46. The molecule has 4 nitrogen and oxygen atoms in total. The third kappa shape index (κ3) is 2.59. The van der Waals surface area contributed by atoms with Gasteiger partial charge < -0.3 is 14.2 Å². The molecule has 0 saturated carbocycles. The van der Waals surface area contributed by atoms with Gasteiger partial charge in [-0.25, -0.2) is 0 Å². The lowest BCUT2D eigenvalue weighted by atomic mass is 9.81. The maximum atomic E-state index is 12.4. The van der Waals surface area contributed by atoms with E-state index in [0.29, 0.717) is 26.4 Å². The Labute approximate surface area is 112 Å². The molecule has 0 bridgehead atoms. The molecule has 0 aliphatic carbocycles. The molecule has 0 N–H and O–H groups in total. The minimum absolute atomic E-state index is 0.0290. The van der Waals surface area contributed by atoms with Gasteiger partial charge in [0, 0.05) is 18.3 Å². The quantitative estimate of drug-likeness (QED) is 0.757. The van der Waals surface area contributed by atoms with Crippen LogP contribution >= 0.6 is 11.8 Å². The van der Waals surface area contributed by atoms with Crippen LogP contribution in [0.25, 0.3) is 0 Å². The van der Waals surface area contributed by atoms with Crippen molar-refractivity contribution in [1.29, 1.82) is 0 Å². The Bertz CT molecular complexity index is 308. The van der Waals surface area contributed by atoms with Gasteiger partial charge in [0.25, 0.3) is 0 Å². The van der Waals surface area contributed by atoms with E-state index in [1.165, 1.54) is 0 Å². The van der Waals surface area contributed by atoms with Gasteiger partial charge in [-0.3, -0.25) is 4.79 Å². The Morgan fingerprint density at radius 3 is 2.94 bits per heavy atom. The molecule has 18 heavy (non-hydrogen) atoms. The first kappa shape index (κ1) is 12.9. The molecule has 5 heteroatoms. The van der Waals surface area contributed by atoms with Crippen LogP contribution in [0.4, 0.5) is 0 Å². The molecule has 0 aromatic heterocycles. The van der Waals surface area contributed by atoms with Crippen molar-refractivity contribution in [2.24, 2.45) is 5.92 Å². The van der Waals surface area contributed by atoms with Gasteiger partial charge in [-0.2, -0.15) is 11.8 Å². The normalized spacial score (nSPS) is 41.1. The average molecular weight is 272 g/mol. The second-order valence-corrected chi connectivity index (χ2v) is 6.47. The van der Waals surface area contributed by atoms with Crippen LogP contribution < -0.4 is 0 Å². The van der Waals surface area contributed by atoms with Crippen molar-refractivity contribution in [3.63, 3.8) is 0 Å². The van der Waals surface area contributed by atoms with Crippen LogP contribution in [0.5, 0.6) is 0 Å². The Kier molecular flexibility index (Phi) is 3.94. The highest BCUT2D eigenvalue weighted by Gasteiger charge is 2.43. The summed E-state index contributed by atoms with van der Waals surface area (Å²) in [5.41, 5.74) is -0.0290. The molecule has 3 heterocycles. The van der Waals surface area contributed by atoms with E-state index >= 15 is 0 Å². The van der Waals surface area contributed by atoms with Crippen molar-refractivity contribution in [2.45, 2.75) is 31.0 Å². The zero-order valence-electron chi connectivity index (χ0n) is 10.6. The maximum Gasteiger partial charge on any atom is 0.167 e. The minimum atomic E-state index is -0.340. The summed E-state index contributed by atoms with van der Waals surface area (Å²) in [4.78, 5) is 12.4. The number of hydrogen-bond donors (Lipinski definition) is 0. The fourth-order valence-electron chi connectivity index (χ4n) is 3.05. The van der Waals surface area contributed by atoms with E-state index in [-0.39, 0.29) is 23.4 Å². The van der Waals surface area contributed by atoms with Crippen molar-refractivity contribution < 1.29 is 19.0 Å². The number of ketones is 1. The van der Waals surface area contributed by atoms with E-state index in [9.17, 15) is 4.79 Å². The Morgan fingerprint density at radius 1 is 1.28 bits per heavy atom. The summed E-state index contributed by atoms with van der Waals surface area (Å²) in [5.74, 6) is 2.53. The Balaban J connectivity index is 1.62. The van der Waals surface area contributed by atoms with Gasteiger partial charge in [-0.05, 0) is 25.0 Å². The molecule has 0 amide bonds. The molecule has 3 fully saturated rings. The van der Waals surface area contributed by atoms with E-state index in [2.05, 4.69) is 0 Å². The molecule has 0 aromatic carbocycles. The first-order valence-electron chi connectivity index (χ1n) is 6.74. The number of rotatable bonds is 2. The van der Waals surface area contributed by atoms with Crippen LogP contribution in [0.3, 0.4) is 0 Å². The third-order valence-corrected chi connectivity index (χ3v) is 5.32. The number of hydrogen-bond acceptors (Lipinski definition) is 5. The number of carbonyl (C=O) groups excluding carboxylic acids is 1. The molecular weight excluding hydrogens is 252 g/mol. The van der Waals surface area contributed by atoms with Crippen LogP contribution in [0.2, 0.25) is 0 Å². The van der Waals surface area contributed by atoms with Gasteiger partial charge in [0.15, 0.2) is 5.78 Å². The van der Waals surface area contributed by atoms with Crippen LogP contribution in [0.15, 0.2) is 0 Å². The summed E-state index contributed by atoms with van der Waals surface area (Å²) >= 11 is 1.94. The number of Topliss-reactive ketones (excluding diaryl/α,β-unsaturated/α-hetero) is 1. The van der Waals surface area contributed by atoms with E-state index in [4.69, 9.17) is 14.2 Å².